The summed E-state index contributed by atoms with van der Waals surface area (Å²) in [5.41, 5.74) is 0. The summed E-state index contributed by atoms with van der Waals surface area (Å²) in [5, 5.41) is 17.1. The van der Waals surface area contributed by atoms with Gasteiger partial charge in [-0.1, -0.05) is 6.92 Å². The van der Waals surface area contributed by atoms with E-state index >= 15 is 0 Å². The van der Waals surface area contributed by atoms with Crippen molar-refractivity contribution in [2.75, 3.05) is 25.0 Å². The third kappa shape index (κ3) is 3.16. The molecule has 0 atom stereocenters. The molecule has 0 radical (unpaired) electrons. The number of nitrogens with one attached hydrogen (secondary N) is 2. The Labute approximate surface area is 100 Å². The van der Waals surface area contributed by atoms with Crippen LogP contribution in [-0.2, 0) is 6.54 Å². The van der Waals surface area contributed by atoms with Crippen LogP contribution >= 0.6 is 0 Å². The Kier molecular flexibility index (Phi) is 4.89. The van der Waals surface area contributed by atoms with Crippen LogP contribution < -0.4 is 10.6 Å². The molecular formula is C10H19N5O2. The van der Waals surface area contributed by atoms with E-state index in [9.17, 15) is 10.1 Å². The highest BCUT2D eigenvalue weighted by Crippen LogP contribution is 2.24. The zero-order valence-electron chi connectivity index (χ0n) is 10.5. The second kappa shape index (κ2) is 6.19. The van der Waals surface area contributed by atoms with Gasteiger partial charge >= 0.3 is 5.82 Å². The summed E-state index contributed by atoms with van der Waals surface area (Å²) in [6.07, 6.45) is 0. The third-order valence-corrected chi connectivity index (χ3v) is 2.47. The first kappa shape index (κ1) is 13.4. The van der Waals surface area contributed by atoms with E-state index in [0.29, 0.717) is 24.7 Å². The minimum atomic E-state index is -0.450. The Morgan fingerprint density at radius 3 is 2.65 bits per heavy atom. The Morgan fingerprint density at radius 1 is 1.41 bits per heavy atom. The number of hydrogen-bond donors (Lipinski definition) is 2. The van der Waals surface area contributed by atoms with E-state index in [-0.39, 0.29) is 5.82 Å². The molecule has 96 valence electrons. The number of anilines is 1. The Morgan fingerprint density at radius 2 is 2.12 bits per heavy atom. The first-order valence-corrected chi connectivity index (χ1v) is 5.77. The smallest absolute Gasteiger partial charge is 0.363 e. The molecule has 0 saturated carbocycles. The molecular weight excluding hydrogens is 222 g/mol. The molecule has 17 heavy (non-hydrogen) atoms. The summed E-state index contributed by atoms with van der Waals surface area (Å²) in [4.78, 5) is 14.4. The second-order valence-corrected chi connectivity index (χ2v) is 3.61. The van der Waals surface area contributed by atoms with Crippen LogP contribution in [0.5, 0.6) is 0 Å². The number of rotatable bonds is 7. The van der Waals surface area contributed by atoms with E-state index in [0.717, 1.165) is 13.1 Å². The standard InChI is InChI=1S/C10H19N5O2/c1-4-11-6-7-12-9-10(15(16)17)13-8(3)14(9)5-2/h11-12H,4-7H2,1-3H3. The minimum Gasteiger partial charge on any atom is -0.363 e. The topological polar surface area (TPSA) is 85.0 Å². The summed E-state index contributed by atoms with van der Waals surface area (Å²) in [5.74, 6) is 1.05. The average Bonchev–Trinajstić information content (AvgIpc) is 2.61. The van der Waals surface area contributed by atoms with Crippen LogP contribution in [0.15, 0.2) is 0 Å². The largest absolute Gasteiger partial charge is 0.406 e. The van der Waals surface area contributed by atoms with Crippen molar-refractivity contribution in [3.05, 3.63) is 15.9 Å². The summed E-state index contributed by atoms with van der Waals surface area (Å²) in [6.45, 7) is 8.68. The predicted octanol–water partition coefficient (Wildman–Crippen LogP) is 1.14. The van der Waals surface area contributed by atoms with Crippen molar-refractivity contribution in [1.82, 2.24) is 14.9 Å². The Hall–Kier alpha value is -1.63. The van der Waals surface area contributed by atoms with Crippen LogP contribution in [-0.4, -0.2) is 34.1 Å². The van der Waals surface area contributed by atoms with Crippen LogP contribution in [0, 0.1) is 17.0 Å². The lowest BCUT2D eigenvalue weighted by molar-refractivity contribution is -0.388. The van der Waals surface area contributed by atoms with E-state index in [1.54, 1.807) is 6.92 Å². The van der Waals surface area contributed by atoms with E-state index < -0.39 is 4.92 Å². The zero-order chi connectivity index (χ0) is 12.8. The van der Waals surface area contributed by atoms with Gasteiger partial charge < -0.3 is 20.7 Å². The summed E-state index contributed by atoms with van der Waals surface area (Å²) in [6, 6.07) is 0. The van der Waals surface area contributed by atoms with E-state index in [2.05, 4.69) is 15.6 Å². The third-order valence-electron chi connectivity index (χ3n) is 2.47. The molecule has 0 spiro atoms. The van der Waals surface area contributed by atoms with E-state index in [1.807, 2.05) is 18.4 Å². The highest BCUT2D eigenvalue weighted by molar-refractivity contribution is 5.53. The van der Waals surface area contributed by atoms with Crippen molar-refractivity contribution in [3.63, 3.8) is 0 Å². The fraction of sp³-hybridized carbons (Fsp3) is 0.700. The van der Waals surface area contributed by atoms with Crippen LogP contribution in [0.3, 0.4) is 0 Å². The molecule has 2 N–H and O–H groups in total. The molecule has 0 bridgehead atoms. The van der Waals surface area contributed by atoms with Crippen molar-refractivity contribution >= 4 is 11.6 Å². The normalized spacial score (nSPS) is 10.5. The van der Waals surface area contributed by atoms with Gasteiger partial charge in [0.15, 0.2) is 0 Å². The van der Waals surface area contributed by atoms with Crippen molar-refractivity contribution in [2.45, 2.75) is 27.3 Å². The van der Waals surface area contributed by atoms with Crippen molar-refractivity contribution < 1.29 is 4.92 Å². The quantitative estimate of drug-likeness (QED) is 0.425. The van der Waals surface area contributed by atoms with Crippen molar-refractivity contribution in [3.8, 4) is 0 Å². The van der Waals surface area contributed by atoms with Gasteiger partial charge in [0.25, 0.3) is 0 Å². The summed E-state index contributed by atoms with van der Waals surface area (Å²) >= 11 is 0. The number of nitrogens with zero attached hydrogens (tertiary/aromatic N) is 3. The molecule has 0 fully saturated rings. The van der Waals surface area contributed by atoms with Crippen LogP contribution in [0.2, 0.25) is 0 Å². The molecule has 1 aromatic heterocycles. The van der Waals surface area contributed by atoms with Crippen LogP contribution in [0.1, 0.15) is 19.7 Å². The van der Waals surface area contributed by atoms with Gasteiger partial charge in [-0.15, -0.1) is 0 Å². The highest BCUT2D eigenvalue weighted by Gasteiger charge is 2.23. The summed E-state index contributed by atoms with van der Waals surface area (Å²) in [7, 11) is 0. The number of likely N-dealkylation sites (N-methyl/N-ethyl adjacent to an activating group) is 1. The average molecular weight is 241 g/mol. The molecule has 0 unspecified atom stereocenters. The van der Waals surface area contributed by atoms with Gasteiger partial charge in [-0.2, -0.15) is 0 Å². The molecule has 0 aliphatic carbocycles. The molecule has 1 rings (SSSR count). The maximum atomic E-state index is 10.9. The number of imidazole rings is 1. The van der Waals surface area contributed by atoms with Gasteiger partial charge in [0.05, 0.1) is 0 Å². The first-order valence-electron chi connectivity index (χ1n) is 5.77. The molecule has 1 heterocycles. The number of aromatic nitrogens is 2. The van der Waals surface area contributed by atoms with Crippen LogP contribution in [0.25, 0.3) is 0 Å². The lowest BCUT2D eigenvalue weighted by Crippen LogP contribution is -2.22. The maximum absolute atomic E-state index is 10.9. The monoisotopic (exact) mass is 241 g/mol. The number of aryl methyl sites for hydroxylation is 1. The van der Waals surface area contributed by atoms with Crippen molar-refractivity contribution in [1.29, 1.82) is 0 Å². The van der Waals surface area contributed by atoms with E-state index in [4.69, 9.17) is 0 Å². The molecule has 0 amide bonds. The molecule has 7 nitrogen and oxygen atoms in total. The van der Waals surface area contributed by atoms with Crippen molar-refractivity contribution in [2.24, 2.45) is 0 Å². The molecule has 0 aliphatic rings. The molecule has 0 saturated heterocycles. The molecule has 0 aliphatic heterocycles. The second-order valence-electron chi connectivity index (χ2n) is 3.61. The lowest BCUT2D eigenvalue weighted by Gasteiger charge is -2.08. The minimum absolute atomic E-state index is 0.0964. The summed E-state index contributed by atoms with van der Waals surface area (Å²) < 4.78 is 1.81. The molecule has 0 aromatic carbocycles. The van der Waals surface area contributed by atoms with Gasteiger partial charge in [-0.25, -0.2) is 0 Å². The maximum Gasteiger partial charge on any atom is 0.406 e. The van der Waals surface area contributed by atoms with Gasteiger partial charge in [0.2, 0.25) is 11.6 Å². The first-order chi connectivity index (χ1) is 8.11. The van der Waals surface area contributed by atoms with E-state index in [1.165, 1.54) is 0 Å². The predicted molar refractivity (Wildman–Crippen MR) is 66.3 cm³/mol. The van der Waals surface area contributed by atoms with Crippen LogP contribution in [0.4, 0.5) is 11.6 Å². The fourth-order valence-corrected chi connectivity index (χ4v) is 1.68. The molecule has 7 heteroatoms. The molecule has 1 aromatic rings. The van der Waals surface area contributed by atoms with Gasteiger partial charge in [0.1, 0.15) is 0 Å². The lowest BCUT2D eigenvalue weighted by atomic mass is 10.5. The fourth-order valence-electron chi connectivity index (χ4n) is 1.68. The van der Waals surface area contributed by atoms with Gasteiger partial charge in [-0.05, 0) is 23.4 Å². The number of nitro groups is 1. The SMILES string of the molecule is CCNCCNc1c([N+](=O)[O-])nc(C)n1CC. The Bertz CT molecular complexity index is 388. The van der Waals surface area contributed by atoms with Gasteiger partial charge in [-0.3, -0.25) is 4.57 Å². The highest BCUT2D eigenvalue weighted by atomic mass is 16.6. The van der Waals surface area contributed by atoms with Gasteiger partial charge in [0, 0.05) is 26.6 Å². The zero-order valence-corrected chi connectivity index (χ0v) is 10.5. The number of hydrogen-bond acceptors (Lipinski definition) is 5. The Balaban J connectivity index is 2.82.